The van der Waals surface area contributed by atoms with Crippen LogP contribution in [-0.4, -0.2) is 23.8 Å². The van der Waals surface area contributed by atoms with Gasteiger partial charge < -0.3 is 4.74 Å². The number of hydrogen-bond acceptors (Lipinski definition) is 5. The molecule has 7 heteroatoms. The number of anilines is 1. The van der Waals surface area contributed by atoms with Crippen LogP contribution in [0.15, 0.2) is 30.4 Å². The minimum Gasteiger partial charge on any atom is -0.494 e. The van der Waals surface area contributed by atoms with E-state index in [1.54, 1.807) is 0 Å². The highest BCUT2D eigenvalue weighted by atomic mass is 16.6. The summed E-state index contributed by atoms with van der Waals surface area (Å²) in [6, 6.07) is 3.94. The van der Waals surface area contributed by atoms with E-state index in [2.05, 4.69) is 12.2 Å². The summed E-state index contributed by atoms with van der Waals surface area (Å²) < 4.78 is 5.20. The Kier molecular flexibility index (Phi) is 3.19. The van der Waals surface area contributed by atoms with Gasteiger partial charge in [0.25, 0.3) is 5.69 Å². The van der Waals surface area contributed by atoms with Crippen LogP contribution in [0.5, 0.6) is 5.75 Å². The van der Waals surface area contributed by atoms with Gasteiger partial charge in [-0.1, -0.05) is 12.2 Å². The van der Waals surface area contributed by atoms with Crippen molar-refractivity contribution in [1.82, 2.24) is 0 Å². The smallest absolute Gasteiger partial charge is 0.273 e. The van der Waals surface area contributed by atoms with Gasteiger partial charge in [-0.2, -0.15) is 0 Å². The number of amides is 2. The largest absolute Gasteiger partial charge is 0.494 e. The molecule has 1 aliphatic heterocycles. The van der Waals surface area contributed by atoms with Crippen molar-refractivity contribution in [1.29, 1.82) is 0 Å². The molecule has 1 aromatic carbocycles. The second-order valence-corrected chi connectivity index (χ2v) is 6.47. The maximum atomic E-state index is 12.9. The van der Waals surface area contributed by atoms with Crippen LogP contribution in [-0.2, 0) is 9.59 Å². The first-order chi connectivity index (χ1) is 11.5. The van der Waals surface area contributed by atoms with Crippen LogP contribution < -0.4 is 9.64 Å². The van der Waals surface area contributed by atoms with Crippen LogP contribution in [0.4, 0.5) is 11.4 Å². The van der Waals surface area contributed by atoms with Crippen LogP contribution >= 0.6 is 0 Å². The minimum atomic E-state index is -0.538. The second kappa shape index (κ2) is 5.15. The number of allylic oxidation sites excluding steroid dienone is 2. The van der Waals surface area contributed by atoms with Gasteiger partial charge in [0, 0.05) is 6.07 Å². The van der Waals surface area contributed by atoms with Gasteiger partial charge in [-0.3, -0.25) is 19.7 Å². The Balaban J connectivity index is 1.77. The highest BCUT2D eigenvalue weighted by Gasteiger charge is 2.57. The molecule has 5 rings (SSSR count). The molecule has 2 bridgehead atoms. The van der Waals surface area contributed by atoms with Crippen molar-refractivity contribution in [2.45, 2.75) is 12.8 Å². The zero-order valence-electron chi connectivity index (χ0n) is 13.0. The first kappa shape index (κ1) is 14.9. The van der Waals surface area contributed by atoms with Gasteiger partial charge >= 0.3 is 0 Å². The third-order valence-corrected chi connectivity index (χ3v) is 5.37. The molecule has 0 radical (unpaired) electrons. The average molecular weight is 328 g/mol. The lowest BCUT2D eigenvalue weighted by molar-refractivity contribution is -0.384. The fraction of sp³-hybridized carbons (Fsp3) is 0.412. The van der Waals surface area contributed by atoms with E-state index in [0.717, 1.165) is 17.7 Å². The minimum absolute atomic E-state index is 0.102. The van der Waals surface area contributed by atoms with Crippen LogP contribution in [0.2, 0.25) is 0 Å². The standard InChI is InChI=1S/C17H16N2O5/c1-24-13-8-11(19(22)23)6-7-12(13)18-16(20)14-9-2-3-10(5-4-9)15(14)17(18)21/h2-3,6-10,14-15H,4-5H2,1H3/t9-,10+,14-,15+. The zero-order chi connectivity index (χ0) is 17.0. The lowest BCUT2D eigenvalue weighted by atomic mass is 9.63. The van der Waals surface area contributed by atoms with Crippen molar-refractivity contribution < 1.29 is 19.2 Å². The van der Waals surface area contributed by atoms with Crippen LogP contribution in [0, 0.1) is 33.8 Å². The van der Waals surface area contributed by atoms with E-state index in [0.29, 0.717) is 0 Å². The van der Waals surface area contributed by atoms with Gasteiger partial charge in [0.15, 0.2) is 0 Å². The van der Waals surface area contributed by atoms with Gasteiger partial charge in [-0.05, 0) is 30.7 Å². The molecule has 0 spiro atoms. The van der Waals surface area contributed by atoms with E-state index in [1.807, 2.05) is 0 Å². The molecule has 24 heavy (non-hydrogen) atoms. The predicted molar refractivity (Wildman–Crippen MR) is 84.5 cm³/mol. The number of fused-ring (bicyclic) bond motifs is 1. The molecular formula is C17H16N2O5. The Labute approximate surface area is 138 Å². The molecule has 2 fully saturated rings. The molecular weight excluding hydrogens is 312 g/mol. The summed E-state index contributed by atoms with van der Waals surface area (Å²) in [6.07, 6.45) is 5.95. The van der Waals surface area contributed by atoms with Crippen molar-refractivity contribution in [3.8, 4) is 5.75 Å². The number of nitro benzene ring substituents is 1. The highest BCUT2D eigenvalue weighted by Crippen LogP contribution is 2.51. The Morgan fingerprint density at radius 3 is 2.17 bits per heavy atom. The summed E-state index contributed by atoms with van der Waals surface area (Å²) in [6.45, 7) is 0. The van der Waals surface area contributed by atoms with E-state index in [4.69, 9.17) is 4.74 Å². The summed E-state index contributed by atoms with van der Waals surface area (Å²) in [7, 11) is 1.37. The zero-order valence-corrected chi connectivity index (χ0v) is 13.0. The molecule has 124 valence electrons. The number of methoxy groups -OCH3 is 1. The first-order valence-electron chi connectivity index (χ1n) is 7.91. The molecule has 3 aliphatic carbocycles. The Bertz CT molecular complexity index is 755. The monoisotopic (exact) mass is 328 g/mol. The molecule has 0 unspecified atom stereocenters. The van der Waals surface area contributed by atoms with E-state index >= 15 is 0 Å². The molecule has 4 atom stereocenters. The van der Waals surface area contributed by atoms with Crippen molar-refractivity contribution in [2.24, 2.45) is 23.7 Å². The normalized spacial score (nSPS) is 30.6. The van der Waals surface area contributed by atoms with Crippen molar-refractivity contribution >= 4 is 23.2 Å². The number of nitrogens with zero attached hydrogens (tertiary/aromatic N) is 2. The summed E-state index contributed by atoms with van der Waals surface area (Å²) in [5.41, 5.74) is 0.140. The highest BCUT2D eigenvalue weighted by molar-refractivity contribution is 6.23. The van der Waals surface area contributed by atoms with Crippen LogP contribution in [0.3, 0.4) is 0 Å². The number of rotatable bonds is 3. The van der Waals surface area contributed by atoms with Gasteiger partial charge in [0.05, 0.1) is 35.6 Å². The maximum Gasteiger partial charge on any atom is 0.273 e. The molecule has 1 saturated heterocycles. The summed E-state index contributed by atoms with van der Waals surface area (Å²) in [4.78, 5) is 37.4. The maximum absolute atomic E-state index is 12.9. The number of ether oxygens (including phenoxy) is 1. The summed E-state index contributed by atoms with van der Waals surface area (Å²) in [5.74, 6) is -0.726. The molecule has 0 N–H and O–H groups in total. The number of carbonyl (C=O) groups is 2. The SMILES string of the molecule is COc1cc([N+](=O)[O-])ccc1N1C(=O)[C@@H]2[C@H](C1=O)[C@@H]1C=C[C@H]2CC1. The lowest BCUT2D eigenvalue weighted by Crippen LogP contribution is -2.38. The third-order valence-electron chi connectivity index (χ3n) is 5.37. The fourth-order valence-corrected chi connectivity index (χ4v) is 4.28. The predicted octanol–water partition coefficient (Wildman–Crippen LogP) is 2.30. The van der Waals surface area contributed by atoms with Crippen molar-refractivity contribution in [3.05, 3.63) is 40.5 Å². The number of nitro groups is 1. The third kappa shape index (κ3) is 1.90. The summed E-state index contributed by atoms with van der Waals surface area (Å²) >= 11 is 0. The van der Waals surface area contributed by atoms with Crippen LogP contribution in [0.25, 0.3) is 0 Å². The lowest BCUT2D eigenvalue weighted by Gasteiger charge is -2.38. The molecule has 1 saturated carbocycles. The van der Waals surface area contributed by atoms with Crippen LogP contribution in [0.1, 0.15) is 12.8 Å². The van der Waals surface area contributed by atoms with Gasteiger partial charge in [-0.15, -0.1) is 0 Å². The van der Waals surface area contributed by atoms with Crippen molar-refractivity contribution in [3.63, 3.8) is 0 Å². The second-order valence-electron chi connectivity index (χ2n) is 6.47. The van der Waals surface area contributed by atoms with E-state index < -0.39 is 4.92 Å². The number of hydrogen-bond donors (Lipinski definition) is 0. The molecule has 0 aromatic heterocycles. The average Bonchev–Trinajstić information content (AvgIpc) is 2.88. The Morgan fingerprint density at radius 2 is 1.71 bits per heavy atom. The molecule has 1 aromatic rings. The van der Waals surface area contributed by atoms with Gasteiger partial charge in [0.1, 0.15) is 5.75 Å². The molecule has 7 nitrogen and oxygen atoms in total. The Hall–Kier alpha value is -2.70. The molecule has 2 amide bonds. The number of imide groups is 1. The number of benzene rings is 1. The van der Waals surface area contributed by atoms with E-state index in [-0.39, 0.29) is 52.6 Å². The van der Waals surface area contributed by atoms with Gasteiger partial charge in [0.2, 0.25) is 11.8 Å². The molecule has 4 aliphatic rings. The van der Waals surface area contributed by atoms with Crippen molar-refractivity contribution in [2.75, 3.05) is 12.0 Å². The summed E-state index contributed by atoms with van der Waals surface area (Å²) in [5, 5.41) is 10.9. The molecule has 1 heterocycles. The van der Waals surface area contributed by atoms with Gasteiger partial charge in [-0.25, -0.2) is 4.90 Å². The first-order valence-corrected chi connectivity index (χ1v) is 7.91. The quantitative estimate of drug-likeness (QED) is 0.367. The number of non-ortho nitro benzene ring substituents is 1. The van der Waals surface area contributed by atoms with E-state index in [9.17, 15) is 19.7 Å². The topological polar surface area (TPSA) is 89.8 Å². The van der Waals surface area contributed by atoms with E-state index in [1.165, 1.54) is 25.3 Å². The number of carbonyl (C=O) groups excluding carboxylic acids is 2. The fourth-order valence-electron chi connectivity index (χ4n) is 4.28. The Morgan fingerprint density at radius 1 is 1.12 bits per heavy atom.